The third-order valence-electron chi connectivity index (χ3n) is 6.55. The van der Waals surface area contributed by atoms with E-state index in [1.807, 2.05) is 0 Å². The van der Waals surface area contributed by atoms with E-state index in [0.29, 0.717) is 17.1 Å². The third-order valence-corrected chi connectivity index (χ3v) is 6.55. The van der Waals surface area contributed by atoms with E-state index in [2.05, 4.69) is 10.1 Å². The summed E-state index contributed by atoms with van der Waals surface area (Å²) in [4.78, 5) is 61.1. The Labute approximate surface area is 234 Å². The lowest BCUT2D eigenvalue weighted by Crippen LogP contribution is -2.49. The zero-order valence-corrected chi connectivity index (χ0v) is 23.1. The van der Waals surface area contributed by atoms with E-state index >= 15 is 0 Å². The minimum atomic E-state index is -1.35. The maximum atomic E-state index is 13.7. The number of carbonyl (C=O) groups is 3. The summed E-state index contributed by atoms with van der Waals surface area (Å²) in [7, 11) is 4.10. The Balaban J connectivity index is 1.90. The minimum absolute atomic E-state index is 0.0310. The number of nitro benzene ring substituents is 2. The highest BCUT2D eigenvalue weighted by Crippen LogP contribution is 2.40. The average molecular weight is 575 g/mol. The van der Waals surface area contributed by atoms with Gasteiger partial charge in [-0.15, -0.1) is 0 Å². The standard InChI is InChI=1S/C26H30N4O11/c1-26(2,16-11-18(38-3)14-19(12-16)39-4)41-25(33)27-20(6-7-22(31)40-5)24(32)28-9-8-15-10-17(29(34)35)13-21(23(15)28)30(36)37/h10-14,20H,6-9H2,1-5H3,(H,27,33)/t20-/m0/s1. The molecule has 15 nitrogen and oxygen atoms in total. The largest absolute Gasteiger partial charge is 0.497 e. The lowest BCUT2D eigenvalue weighted by atomic mass is 9.97. The van der Waals surface area contributed by atoms with E-state index < -0.39 is 50.8 Å². The van der Waals surface area contributed by atoms with Gasteiger partial charge in [-0.3, -0.25) is 29.8 Å². The van der Waals surface area contributed by atoms with Gasteiger partial charge in [-0.25, -0.2) is 4.79 Å². The molecule has 1 heterocycles. The number of amides is 2. The first kappa shape index (κ1) is 30.6. The molecule has 0 unspecified atom stereocenters. The summed E-state index contributed by atoms with van der Waals surface area (Å²) in [6.45, 7) is 3.19. The molecule has 0 aliphatic carbocycles. The fourth-order valence-electron chi connectivity index (χ4n) is 4.40. The monoisotopic (exact) mass is 574 g/mol. The van der Waals surface area contributed by atoms with Crippen molar-refractivity contribution in [3.8, 4) is 11.5 Å². The van der Waals surface area contributed by atoms with Crippen LogP contribution in [-0.4, -0.2) is 61.7 Å². The van der Waals surface area contributed by atoms with Crippen molar-refractivity contribution in [2.45, 2.75) is 44.8 Å². The Bertz CT molecular complexity index is 1350. The molecule has 2 aromatic carbocycles. The molecule has 0 fully saturated rings. The number of methoxy groups -OCH3 is 3. The quantitative estimate of drug-likeness (QED) is 0.235. The molecule has 0 spiro atoms. The summed E-state index contributed by atoms with van der Waals surface area (Å²) in [5, 5.41) is 25.5. The van der Waals surface area contributed by atoms with Crippen molar-refractivity contribution in [2.75, 3.05) is 32.8 Å². The van der Waals surface area contributed by atoms with E-state index in [1.165, 1.54) is 27.4 Å². The van der Waals surface area contributed by atoms with Crippen LogP contribution in [0.3, 0.4) is 0 Å². The molecule has 41 heavy (non-hydrogen) atoms. The fourth-order valence-corrected chi connectivity index (χ4v) is 4.40. The van der Waals surface area contributed by atoms with Crippen LogP contribution in [0.5, 0.6) is 11.5 Å². The zero-order chi connectivity index (χ0) is 30.5. The summed E-state index contributed by atoms with van der Waals surface area (Å²) >= 11 is 0. The maximum Gasteiger partial charge on any atom is 0.408 e. The van der Waals surface area contributed by atoms with E-state index in [4.69, 9.17) is 14.2 Å². The van der Waals surface area contributed by atoms with Gasteiger partial charge >= 0.3 is 12.1 Å². The maximum absolute atomic E-state index is 13.7. The number of hydrogen-bond donors (Lipinski definition) is 1. The third kappa shape index (κ3) is 6.98. The molecule has 220 valence electrons. The van der Waals surface area contributed by atoms with Crippen LogP contribution in [0.15, 0.2) is 30.3 Å². The number of alkyl carbamates (subject to hydrolysis) is 1. The van der Waals surface area contributed by atoms with Gasteiger partial charge in [0.2, 0.25) is 5.91 Å². The normalized spacial score (nSPS) is 13.0. The van der Waals surface area contributed by atoms with Crippen molar-refractivity contribution in [2.24, 2.45) is 0 Å². The van der Waals surface area contributed by atoms with E-state index in [1.54, 1.807) is 32.0 Å². The second-order valence-corrected chi connectivity index (χ2v) is 9.54. The van der Waals surface area contributed by atoms with Crippen LogP contribution in [0.25, 0.3) is 0 Å². The van der Waals surface area contributed by atoms with Crippen molar-refractivity contribution in [1.29, 1.82) is 0 Å². The summed E-state index contributed by atoms with van der Waals surface area (Å²) in [5.41, 5.74) is -1.69. The molecular formula is C26H30N4O11. The summed E-state index contributed by atoms with van der Waals surface area (Å²) in [6, 6.07) is 5.54. The van der Waals surface area contributed by atoms with Crippen LogP contribution in [0.4, 0.5) is 21.9 Å². The van der Waals surface area contributed by atoms with Crippen LogP contribution in [-0.2, 0) is 31.1 Å². The highest BCUT2D eigenvalue weighted by molar-refractivity contribution is 6.02. The molecule has 0 radical (unpaired) electrons. The topological polar surface area (TPSA) is 190 Å². The van der Waals surface area contributed by atoms with Gasteiger partial charge in [0.1, 0.15) is 28.8 Å². The first-order valence-electron chi connectivity index (χ1n) is 12.4. The Kier molecular flexibility index (Phi) is 9.32. The molecule has 2 aromatic rings. The van der Waals surface area contributed by atoms with Gasteiger partial charge in [-0.1, -0.05) is 0 Å². The number of nitrogens with zero attached hydrogens (tertiary/aromatic N) is 3. The number of ether oxygens (including phenoxy) is 4. The number of rotatable bonds is 11. The number of benzene rings is 2. The highest BCUT2D eigenvalue weighted by Gasteiger charge is 2.39. The summed E-state index contributed by atoms with van der Waals surface area (Å²) < 4.78 is 20.8. The Morgan fingerprint density at radius 2 is 1.63 bits per heavy atom. The van der Waals surface area contributed by atoms with Crippen LogP contribution in [0.1, 0.15) is 37.8 Å². The first-order chi connectivity index (χ1) is 19.3. The summed E-state index contributed by atoms with van der Waals surface area (Å²) in [5.74, 6) is -0.498. The fraction of sp³-hybridized carbons (Fsp3) is 0.423. The van der Waals surface area contributed by atoms with Gasteiger partial charge in [0, 0.05) is 30.7 Å². The van der Waals surface area contributed by atoms with E-state index in [9.17, 15) is 34.6 Å². The Morgan fingerprint density at radius 1 is 1.00 bits per heavy atom. The number of esters is 1. The van der Waals surface area contributed by atoms with Gasteiger partial charge in [-0.2, -0.15) is 0 Å². The Hall–Kier alpha value is -4.95. The smallest absolute Gasteiger partial charge is 0.408 e. The van der Waals surface area contributed by atoms with Crippen molar-refractivity contribution in [3.63, 3.8) is 0 Å². The van der Waals surface area contributed by atoms with Gasteiger partial charge in [0.25, 0.3) is 11.4 Å². The number of nitrogens with one attached hydrogen (secondary N) is 1. The molecule has 0 saturated carbocycles. The molecule has 3 rings (SSSR count). The Morgan fingerprint density at radius 3 is 2.17 bits per heavy atom. The highest BCUT2D eigenvalue weighted by atomic mass is 16.6. The second-order valence-electron chi connectivity index (χ2n) is 9.54. The molecule has 0 aromatic heterocycles. The lowest BCUT2D eigenvalue weighted by molar-refractivity contribution is -0.393. The van der Waals surface area contributed by atoms with Crippen molar-refractivity contribution < 1.29 is 43.2 Å². The van der Waals surface area contributed by atoms with Crippen molar-refractivity contribution >= 4 is 35.0 Å². The zero-order valence-electron chi connectivity index (χ0n) is 23.1. The molecule has 0 saturated heterocycles. The van der Waals surface area contributed by atoms with E-state index in [0.717, 1.165) is 11.0 Å². The van der Waals surface area contributed by atoms with Gasteiger partial charge in [0.05, 0.1) is 37.2 Å². The first-order valence-corrected chi connectivity index (χ1v) is 12.4. The van der Waals surface area contributed by atoms with Gasteiger partial charge < -0.3 is 29.2 Å². The number of nitro groups is 2. The average Bonchev–Trinajstić information content (AvgIpc) is 3.37. The second kappa shape index (κ2) is 12.5. The molecule has 1 aliphatic heterocycles. The van der Waals surface area contributed by atoms with Crippen LogP contribution >= 0.6 is 0 Å². The van der Waals surface area contributed by atoms with Crippen LogP contribution in [0, 0.1) is 20.2 Å². The number of carbonyl (C=O) groups excluding carboxylic acids is 3. The predicted octanol–water partition coefficient (Wildman–Crippen LogP) is 3.39. The molecule has 15 heteroatoms. The minimum Gasteiger partial charge on any atom is -0.497 e. The van der Waals surface area contributed by atoms with E-state index in [-0.39, 0.29) is 37.1 Å². The molecule has 0 bridgehead atoms. The number of hydrogen-bond acceptors (Lipinski definition) is 11. The lowest BCUT2D eigenvalue weighted by Gasteiger charge is -2.29. The van der Waals surface area contributed by atoms with Gasteiger partial charge in [0.15, 0.2) is 0 Å². The molecule has 1 N–H and O–H groups in total. The van der Waals surface area contributed by atoms with Crippen molar-refractivity contribution in [3.05, 3.63) is 61.7 Å². The SMILES string of the molecule is COC(=O)CC[C@H](NC(=O)OC(C)(C)c1cc(OC)cc(OC)c1)C(=O)N1CCc2cc([N+](=O)[O-])cc([N+](=O)[O-])c21. The van der Waals surface area contributed by atoms with Gasteiger partial charge in [-0.05, 0) is 44.4 Å². The summed E-state index contributed by atoms with van der Waals surface area (Å²) in [6.07, 6.45) is -1.35. The van der Waals surface area contributed by atoms with Crippen LogP contribution in [0.2, 0.25) is 0 Å². The molecule has 2 amide bonds. The number of fused-ring (bicyclic) bond motifs is 1. The molecule has 1 aliphatic rings. The molecular weight excluding hydrogens is 544 g/mol. The number of anilines is 1. The number of non-ortho nitro benzene ring substituents is 1. The van der Waals surface area contributed by atoms with Crippen LogP contribution < -0.4 is 19.7 Å². The molecule has 1 atom stereocenters. The predicted molar refractivity (Wildman–Crippen MR) is 143 cm³/mol. The van der Waals surface area contributed by atoms with Crippen molar-refractivity contribution in [1.82, 2.24) is 5.32 Å².